The smallest absolute Gasteiger partial charge is 0.0861 e. The number of H-pyrrole nitrogens is 1. The summed E-state index contributed by atoms with van der Waals surface area (Å²) >= 11 is 0. The monoisotopic (exact) mass is 189 g/mol. The maximum atomic E-state index is 9.95. The van der Waals surface area contributed by atoms with Crippen molar-refractivity contribution in [1.82, 2.24) is 4.98 Å². The number of benzene rings is 1. The van der Waals surface area contributed by atoms with Crippen molar-refractivity contribution in [2.24, 2.45) is 0 Å². The van der Waals surface area contributed by atoms with Gasteiger partial charge < -0.3 is 10.1 Å². The number of nitrogens with one attached hydrogen (secondary N) is 1. The lowest BCUT2D eigenvalue weighted by atomic mass is 9.97. The zero-order valence-electron chi connectivity index (χ0n) is 8.76. The molecule has 14 heavy (non-hydrogen) atoms. The highest BCUT2D eigenvalue weighted by Gasteiger charge is 2.20. The Bertz CT molecular complexity index is 463. The van der Waals surface area contributed by atoms with E-state index in [2.05, 4.69) is 18.0 Å². The van der Waals surface area contributed by atoms with Gasteiger partial charge in [0.25, 0.3) is 0 Å². The number of aromatic amines is 1. The molecule has 0 saturated heterocycles. The molecule has 2 N–H and O–H groups in total. The minimum absolute atomic E-state index is 0.786. The molecule has 1 aromatic heterocycles. The topological polar surface area (TPSA) is 36.0 Å². The Hall–Kier alpha value is -1.28. The lowest BCUT2D eigenvalue weighted by Crippen LogP contribution is -2.14. The lowest BCUT2D eigenvalue weighted by Gasteiger charge is -2.16. The van der Waals surface area contributed by atoms with E-state index >= 15 is 0 Å². The third-order valence-corrected chi connectivity index (χ3v) is 2.58. The summed E-state index contributed by atoms with van der Waals surface area (Å²) in [6.45, 7) is 5.67. The first-order chi connectivity index (χ1) is 6.50. The number of rotatable bonds is 1. The Balaban J connectivity index is 2.76. The molecule has 0 aliphatic heterocycles. The Morgan fingerprint density at radius 3 is 2.64 bits per heavy atom. The van der Waals surface area contributed by atoms with Crippen LogP contribution in [-0.2, 0) is 5.60 Å². The molecule has 2 rings (SSSR count). The van der Waals surface area contributed by atoms with Crippen molar-refractivity contribution in [3.05, 3.63) is 35.5 Å². The predicted molar refractivity (Wildman–Crippen MR) is 58.3 cm³/mol. The number of hydrogen-bond donors (Lipinski definition) is 2. The average Bonchev–Trinajstić information content (AvgIpc) is 2.47. The van der Waals surface area contributed by atoms with Crippen molar-refractivity contribution in [3.8, 4) is 0 Å². The minimum atomic E-state index is -0.786. The molecule has 2 heteroatoms. The van der Waals surface area contributed by atoms with Crippen LogP contribution in [0, 0.1) is 6.92 Å². The van der Waals surface area contributed by atoms with Gasteiger partial charge in [0.15, 0.2) is 0 Å². The molecular formula is C12H15NO. The highest BCUT2D eigenvalue weighted by atomic mass is 16.3. The van der Waals surface area contributed by atoms with Gasteiger partial charge in [0.1, 0.15) is 0 Å². The van der Waals surface area contributed by atoms with E-state index in [9.17, 15) is 5.11 Å². The fraction of sp³-hybridized carbons (Fsp3) is 0.333. The highest BCUT2D eigenvalue weighted by molar-refractivity contribution is 5.86. The number of aromatic nitrogens is 1. The summed E-state index contributed by atoms with van der Waals surface area (Å²) in [5.74, 6) is 0. The summed E-state index contributed by atoms with van der Waals surface area (Å²) in [6.07, 6.45) is 1.89. The second-order valence-electron chi connectivity index (χ2n) is 4.26. The third kappa shape index (κ3) is 1.32. The molecule has 0 unspecified atom stereocenters. The maximum absolute atomic E-state index is 9.95. The molecule has 0 spiro atoms. The Morgan fingerprint density at radius 1 is 1.29 bits per heavy atom. The quantitative estimate of drug-likeness (QED) is 0.711. The van der Waals surface area contributed by atoms with Crippen LogP contribution in [0.4, 0.5) is 0 Å². The summed E-state index contributed by atoms with van der Waals surface area (Å²) < 4.78 is 0. The predicted octanol–water partition coefficient (Wildman–Crippen LogP) is 2.70. The Kier molecular flexibility index (Phi) is 1.89. The second-order valence-corrected chi connectivity index (χ2v) is 4.26. The van der Waals surface area contributed by atoms with Crippen molar-refractivity contribution in [3.63, 3.8) is 0 Å². The number of aliphatic hydroxyl groups is 1. The van der Waals surface area contributed by atoms with E-state index in [1.54, 1.807) is 13.8 Å². The summed E-state index contributed by atoms with van der Waals surface area (Å²) in [6, 6.07) is 6.11. The van der Waals surface area contributed by atoms with Gasteiger partial charge in [0, 0.05) is 22.7 Å². The number of hydrogen-bond acceptors (Lipinski definition) is 1. The van der Waals surface area contributed by atoms with Crippen LogP contribution in [0.5, 0.6) is 0 Å². The van der Waals surface area contributed by atoms with Crippen LogP contribution in [-0.4, -0.2) is 10.1 Å². The normalized spacial score (nSPS) is 12.3. The summed E-state index contributed by atoms with van der Waals surface area (Å²) in [4.78, 5) is 3.20. The van der Waals surface area contributed by atoms with E-state index in [-0.39, 0.29) is 0 Å². The van der Waals surface area contributed by atoms with Crippen LogP contribution in [0.1, 0.15) is 25.0 Å². The molecule has 74 valence electrons. The SMILES string of the molecule is Cc1cccc2c(C(C)(C)O)c[nH]c12. The fourth-order valence-electron chi connectivity index (χ4n) is 1.81. The molecule has 0 saturated carbocycles. The molecular weight excluding hydrogens is 174 g/mol. The highest BCUT2D eigenvalue weighted by Crippen LogP contribution is 2.29. The molecule has 0 radical (unpaired) electrons. The fourth-order valence-corrected chi connectivity index (χ4v) is 1.81. The van der Waals surface area contributed by atoms with Gasteiger partial charge >= 0.3 is 0 Å². The number of aryl methyl sites for hydroxylation is 1. The van der Waals surface area contributed by atoms with Crippen LogP contribution in [0.25, 0.3) is 10.9 Å². The molecule has 0 aliphatic rings. The molecule has 2 nitrogen and oxygen atoms in total. The Morgan fingerprint density at radius 2 is 2.00 bits per heavy atom. The molecule has 2 aromatic rings. The molecule has 1 aromatic carbocycles. The maximum Gasteiger partial charge on any atom is 0.0861 e. The van der Waals surface area contributed by atoms with Gasteiger partial charge in [-0.25, -0.2) is 0 Å². The van der Waals surface area contributed by atoms with E-state index in [1.807, 2.05) is 18.3 Å². The van der Waals surface area contributed by atoms with E-state index in [0.717, 1.165) is 16.5 Å². The number of fused-ring (bicyclic) bond motifs is 1. The van der Waals surface area contributed by atoms with E-state index < -0.39 is 5.60 Å². The van der Waals surface area contributed by atoms with Gasteiger partial charge in [0.05, 0.1) is 5.60 Å². The summed E-state index contributed by atoms with van der Waals surface area (Å²) in [5.41, 5.74) is 2.49. The molecule has 0 amide bonds. The second kappa shape index (κ2) is 2.85. The van der Waals surface area contributed by atoms with Crippen LogP contribution in [0.15, 0.2) is 24.4 Å². The van der Waals surface area contributed by atoms with E-state index in [4.69, 9.17) is 0 Å². The van der Waals surface area contributed by atoms with Crippen molar-refractivity contribution in [2.75, 3.05) is 0 Å². The van der Waals surface area contributed by atoms with E-state index in [0.29, 0.717) is 0 Å². The van der Waals surface area contributed by atoms with Crippen LogP contribution < -0.4 is 0 Å². The summed E-state index contributed by atoms with van der Waals surface area (Å²) in [7, 11) is 0. The van der Waals surface area contributed by atoms with Gasteiger partial charge in [-0.2, -0.15) is 0 Å². The van der Waals surface area contributed by atoms with Gasteiger partial charge in [-0.05, 0) is 26.3 Å². The van der Waals surface area contributed by atoms with Crippen molar-refractivity contribution in [2.45, 2.75) is 26.4 Å². The first-order valence-electron chi connectivity index (χ1n) is 4.79. The van der Waals surface area contributed by atoms with Crippen molar-refractivity contribution in [1.29, 1.82) is 0 Å². The third-order valence-electron chi connectivity index (χ3n) is 2.58. The lowest BCUT2D eigenvalue weighted by molar-refractivity contribution is 0.0802. The zero-order valence-corrected chi connectivity index (χ0v) is 8.76. The standard InChI is InChI=1S/C12H15NO/c1-8-5-4-6-9-10(12(2,3)14)7-13-11(8)9/h4-7,13-14H,1-3H3. The average molecular weight is 189 g/mol. The van der Waals surface area contributed by atoms with Crippen molar-refractivity contribution >= 4 is 10.9 Å². The van der Waals surface area contributed by atoms with Gasteiger partial charge in [-0.3, -0.25) is 0 Å². The van der Waals surface area contributed by atoms with Gasteiger partial charge in [-0.1, -0.05) is 18.2 Å². The largest absolute Gasteiger partial charge is 0.386 e. The molecule has 0 atom stereocenters. The molecule has 0 fully saturated rings. The molecule has 0 aliphatic carbocycles. The first kappa shape index (κ1) is 9.28. The van der Waals surface area contributed by atoms with Crippen LogP contribution in [0.2, 0.25) is 0 Å². The zero-order chi connectivity index (χ0) is 10.3. The molecule has 0 bridgehead atoms. The van der Waals surface area contributed by atoms with Crippen LogP contribution >= 0.6 is 0 Å². The minimum Gasteiger partial charge on any atom is -0.386 e. The summed E-state index contributed by atoms with van der Waals surface area (Å²) in [5, 5.41) is 11.1. The number of para-hydroxylation sites is 1. The van der Waals surface area contributed by atoms with Crippen LogP contribution in [0.3, 0.4) is 0 Å². The molecule has 1 heterocycles. The van der Waals surface area contributed by atoms with Crippen molar-refractivity contribution < 1.29 is 5.11 Å². The van der Waals surface area contributed by atoms with Gasteiger partial charge in [0.2, 0.25) is 0 Å². The van der Waals surface area contributed by atoms with E-state index in [1.165, 1.54) is 5.56 Å². The Labute approximate surface area is 83.6 Å². The van der Waals surface area contributed by atoms with Gasteiger partial charge in [-0.15, -0.1) is 0 Å². The first-order valence-corrected chi connectivity index (χ1v) is 4.79.